The highest BCUT2D eigenvalue weighted by Gasteiger charge is 2.43. The zero-order valence-corrected chi connectivity index (χ0v) is 13.4. The molecule has 0 bridgehead atoms. The lowest BCUT2D eigenvalue weighted by atomic mass is 9.81. The summed E-state index contributed by atoms with van der Waals surface area (Å²) in [6, 6.07) is 0.206. The first-order valence-corrected chi connectivity index (χ1v) is 8.70. The van der Waals surface area contributed by atoms with Crippen molar-refractivity contribution in [2.75, 3.05) is 13.2 Å². The van der Waals surface area contributed by atoms with Crippen molar-refractivity contribution in [1.29, 1.82) is 0 Å². The molecule has 1 heterocycles. The van der Waals surface area contributed by atoms with Crippen LogP contribution in [-0.4, -0.2) is 46.4 Å². The van der Waals surface area contributed by atoms with Crippen molar-refractivity contribution in [2.45, 2.75) is 74.5 Å². The Morgan fingerprint density at radius 1 is 1.30 bits per heavy atom. The zero-order valence-electron chi connectivity index (χ0n) is 12.6. The van der Waals surface area contributed by atoms with Gasteiger partial charge in [0.2, 0.25) is 0 Å². The summed E-state index contributed by atoms with van der Waals surface area (Å²) in [5.74, 6) is -0.677. The molecular formula is C15H27NO3S. The van der Waals surface area contributed by atoms with Crippen molar-refractivity contribution >= 4 is 17.7 Å². The molecule has 1 aliphatic carbocycles. The minimum atomic E-state index is -0.713. The first-order chi connectivity index (χ1) is 9.52. The van der Waals surface area contributed by atoms with Crippen molar-refractivity contribution in [3.63, 3.8) is 0 Å². The second kappa shape index (κ2) is 7.14. The van der Waals surface area contributed by atoms with Gasteiger partial charge in [0.05, 0.1) is 0 Å². The first kappa shape index (κ1) is 16.1. The van der Waals surface area contributed by atoms with Crippen molar-refractivity contribution in [2.24, 2.45) is 0 Å². The second-order valence-electron chi connectivity index (χ2n) is 6.35. The van der Waals surface area contributed by atoms with E-state index in [0.29, 0.717) is 10.5 Å². The third kappa shape index (κ3) is 4.12. The summed E-state index contributed by atoms with van der Waals surface area (Å²) in [5, 5.41) is 14.1. The molecule has 0 amide bonds. The fourth-order valence-electron chi connectivity index (χ4n) is 3.36. The minimum Gasteiger partial charge on any atom is -0.480 e. The molecule has 2 rings (SSSR count). The number of carboxylic acids is 1. The molecule has 1 saturated carbocycles. The van der Waals surface area contributed by atoms with Gasteiger partial charge in [0, 0.05) is 29.8 Å². The Hall–Kier alpha value is -0.260. The summed E-state index contributed by atoms with van der Waals surface area (Å²) in [7, 11) is 0. The number of hydrogen-bond acceptors (Lipinski definition) is 4. The number of thioether (sulfide) groups is 1. The number of carbonyl (C=O) groups is 1. The molecule has 2 aliphatic rings. The van der Waals surface area contributed by atoms with Crippen LogP contribution in [-0.2, 0) is 9.53 Å². The lowest BCUT2D eigenvalue weighted by molar-refractivity contribution is -0.146. The Balaban J connectivity index is 1.96. The smallest absolute Gasteiger partial charge is 0.323 e. The van der Waals surface area contributed by atoms with E-state index < -0.39 is 11.5 Å². The van der Waals surface area contributed by atoms with Crippen LogP contribution in [0.15, 0.2) is 0 Å². The largest absolute Gasteiger partial charge is 0.480 e. The van der Waals surface area contributed by atoms with Crippen LogP contribution in [0.1, 0.15) is 52.4 Å². The minimum absolute atomic E-state index is 0.206. The molecule has 4 nitrogen and oxygen atoms in total. The zero-order chi connectivity index (χ0) is 14.6. The van der Waals surface area contributed by atoms with Gasteiger partial charge in [0.1, 0.15) is 5.54 Å². The summed E-state index contributed by atoms with van der Waals surface area (Å²) < 4.78 is 5.40. The van der Waals surface area contributed by atoms with Gasteiger partial charge in [-0.05, 0) is 52.4 Å². The van der Waals surface area contributed by atoms with Crippen molar-refractivity contribution in [3.05, 3.63) is 0 Å². The van der Waals surface area contributed by atoms with Crippen LogP contribution in [0, 0.1) is 0 Å². The first-order valence-electron chi connectivity index (χ1n) is 7.76. The molecule has 0 aromatic carbocycles. The van der Waals surface area contributed by atoms with E-state index in [1.165, 1.54) is 0 Å². The highest BCUT2D eigenvalue weighted by Crippen LogP contribution is 2.39. The van der Waals surface area contributed by atoms with Crippen LogP contribution >= 0.6 is 11.8 Å². The summed E-state index contributed by atoms with van der Waals surface area (Å²) in [4.78, 5) is 11.8. The maximum absolute atomic E-state index is 11.8. The van der Waals surface area contributed by atoms with Gasteiger partial charge >= 0.3 is 5.97 Å². The lowest BCUT2D eigenvalue weighted by Gasteiger charge is -2.40. The molecule has 2 unspecified atom stereocenters. The van der Waals surface area contributed by atoms with Crippen molar-refractivity contribution in [3.8, 4) is 0 Å². The van der Waals surface area contributed by atoms with Gasteiger partial charge in [-0.1, -0.05) is 0 Å². The van der Waals surface area contributed by atoms with Crippen LogP contribution in [0.5, 0.6) is 0 Å². The van der Waals surface area contributed by atoms with Gasteiger partial charge < -0.3 is 9.84 Å². The monoisotopic (exact) mass is 301 g/mol. The van der Waals surface area contributed by atoms with Gasteiger partial charge in [-0.15, -0.1) is 0 Å². The Morgan fingerprint density at radius 3 is 2.60 bits per heavy atom. The van der Waals surface area contributed by atoms with E-state index in [1.807, 2.05) is 25.6 Å². The summed E-state index contributed by atoms with van der Waals surface area (Å²) in [6.07, 6.45) is 5.88. The van der Waals surface area contributed by atoms with E-state index in [0.717, 1.165) is 51.7 Å². The van der Waals surface area contributed by atoms with Gasteiger partial charge in [-0.25, -0.2) is 0 Å². The Kier molecular flexibility index (Phi) is 5.75. The summed E-state index contributed by atoms with van der Waals surface area (Å²) in [6.45, 7) is 5.78. The van der Waals surface area contributed by atoms with E-state index in [-0.39, 0.29) is 6.04 Å². The Morgan fingerprint density at radius 2 is 2.00 bits per heavy atom. The molecule has 2 fully saturated rings. The van der Waals surface area contributed by atoms with Crippen LogP contribution < -0.4 is 5.32 Å². The quantitative estimate of drug-likeness (QED) is 0.817. The molecular weight excluding hydrogens is 274 g/mol. The van der Waals surface area contributed by atoms with Gasteiger partial charge in [0.15, 0.2) is 0 Å². The van der Waals surface area contributed by atoms with E-state index >= 15 is 0 Å². The topological polar surface area (TPSA) is 58.6 Å². The van der Waals surface area contributed by atoms with Gasteiger partial charge in [-0.2, -0.15) is 11.8 Å². The molecule has 20 heavy (non-hydrogen) atoms. The van der Waals surface area contributed by atoms with Crippen LogP contribution in [0.25, 0.3) is 0 Å². The molecule has 0 radical (unpaired) electrons. The molecule has 5 heteroatoms. The van der Waals surface area contributed by atoms with Gasteiger partial charge in [-0.3, -0.25) is 10.1 Å². The predicted octanol–water partition coefficient (Wildman–Crippen LogP) is 2.66. The maximum atomic E-state index is 11.8. The number of aliphatic carboxylic acids is 1. The van der Waals surface area contributed by atoms with Crippen molar-refractivity contribution < 1.29 is 14.6 Å². The van der Waals surface area contributed by atoms with E-state index in [4.69, 9.17) is 4.74 Å². The standard InChI is InChI=1S/C15H27NO3S/c1-11(2)16-15(14(17)18)7-3-4-13(10-15)20-12-5-8-19-9-6-12/h11-13,16H,3-10H2,1-2H3,(H,17,18). The number of nitrogens with one attached hydrogen (secondary N) is 1. The molecule has 2 N–H and O–H groups in total. The van der Waals surface area contributed by atoms with Crippen LogP contribution in [0.4, 0.5) is 0 Å². The maximum Gasteiger partial charge on any atom is 0.323 e. The summed E-state index contributed by atoms with van der Waals surface area (Å²) in [5.41, 5.74) is -0.713. The third-order valence-electron chi connectivity index (χ3n) is 4.23. The molecule has 1 saturated heterocycles. The molecule has 0 aromatic heterocycles. The fourth-order valence-corrected chi connectivity index (χ4v) is 5.06. The fraction of sp³-hybridized carbons (Fsp3) is 0.933. The SMILES string of the molecule is CC(C)NC1(C(=O)O)CCCC(SC2CCOCC2)C1. The predicted molar refractivity (Wildman–Crippen MR) is 82.3 cm³/mol. The van der Waals surface area contributed by atoms with Crippen LogP contribution in [0.2, 0.25) is 0 Å². The summed E-state index contributed by atoms with van der Waals surface area (Å²) >= 11 is 2.00. The number of ether oxygens (including phenoxy) is 1. The molecule has 2 atom stereocenters. The Labute approximate surface area is 126 Å². The highest BCUT2D eigenvalue weighted by molar-refractivity contribution is 8.00. The Bertz CT molecular complexity index is 331. The molecule has 116 valence electrons. The molecule has 0 spiro atoms. The molecule has 1 aliphatic heterocycles. The van der Waals surface area contributed by atoms with Crippen molar-refractivity contribution in [1.82, 2.24) is 5.32 Å². The van der Waals surface area contributed by atoms with Gasteiger partial charge in [0.25, 0.3) is 0 Å². The highest BCUT2D eigenvalue weighted by atomic mass is 32.2. The number of hydrogen-bond donors (Lipinski definition) is 2. The normalized spacial score (nSPS) is 32.5. The van der Waals surface area contributed by atoms with Crippen LogP contribution in [0.3, 0.4) is 0 Å². The van der Waals surface area contributed by atoms with E-state index in [2.05, 4.69) is 5.32 Å². The van der Waals surface area contributed by atoms with E-state index in [9.17, 15) is 9.90 Å². The van der Waals surface area contributed by atoms with E-state index in [1.54, 1.807) is 0 Å². The second-order valence-corrected chi connectivity index (χ2v) is 7.96. The lowest BCUT2D eigenvalue weighted by Crippen LogP contribution is -2.57. The number of rotatable bonds is 5. The third-order valence-corrected chi connectivity index (χ3v) is 5.88. The average molecular weight is 301 g/mol. The molecule has 0 aromatic rings. The number of carboxylic acid groups (broad SMARTS) is 1. The average Bonchev–Trinajstić information content (AvgIpc) is 2.39.